The molecule has 0 aliphatic carbocycles. The number of hydrogen-bond donors (Lipinski definition) is 0. The summed E-state index contributed by atoms with van der Waals surface area (Å²) in [5.74, 6) is 0.449. The Morgan fingerprint density at radius 1 is 1.14 bits per heavy atom. The first kappa shape index (κ1) is 15.1. The molecule has 4 heteroatoms. The van der Waals surface area contributed by atoms with Gasteiger partial charge in [-0.15, -0.1) is 0 Å². The zero-order valence-electron chi connectivity index (χ0n) is 12.5. The molecule has 1 amide bonds. The van der Waals surface area contributed by atoms with Crippen molar-refractivity contribution >= 4 is 5.91 Å². The van der Waals surface area contributed by atoms with E-state index in [0.717, 1.165) is 5.56 Å². The second kappa shape index (κ2) is 6.90. The Hall–Kier alpha value is -2.33. The van der Waals surface area contributed by atoms with Crippen molar-refractivity contribution in [3.63, 3.8) is 0 Å². The number of aryl methyl sites for hydroxylation is 1. The summed E-state index contributed by atoms with van der Waals surface area (Å²) in [4.78, 5) is 16.9. The molecule has 0 aromatic heterocycles. The molecule has 0 heterocycles. The SMILES string of the molecule is CON(C)C(=O)c1cccc(OCc2cccc(C)c2)c1. The van der Waals surface area contributed by atoms with Crippen molar-refractivity contribution in [3.05, 3.63) is 65.2 Å². The van der Waals surface area contributed by atoms with E-state index in [1.165, 1.54) is 17.7 Å². The quantitative estimate of drug-likeness (QED) is 0.792. The molecular formula is C17H19NO3. The molecule has 4 nitrogen and oxygen atoms in total. The maximum Gasteiger partial charge on any atom is 0.277 e. The van der Waals surface area contributed by atoms with Gasteiger partial charge < -0.3 is 4.74 Å². The van der Waals surface area contributed by atoms with Crippen molar-refractivity contribution in [2.75, 3.05) is 14.2 Å². The lowest BCUT2D eigenvalue weighted by atomic mass is 10.1. The summed E-state index contributed by atoms with van der Waals surface area (Å²) < 4.78 is 5.74. The van der Waals surface area contributed by atoms with Crippen LogP contribution in [0, 0.1) is 6.92 Å². The summed E-state index contributed by atoms with van der Waals surface area (Å²) in [6.45, 7) is 2.52. The summed E-state index contributed by atoms with van der Waals surface area (Å²) in [6, 6.07) is 15.2. The molecule has 0 saturated carbocycles. The third-order valence-corrected chi connectivity index (χ3v) is 3.13. The highest BCUT2D eigenvalue weighted by atomic mass is 16.7. The minimum atomic E-state index is -0.210. The van der Waals surface area contributed by atoms with Crippen LogP contribution in [0.2, 0.25) is 0 Å². The highest BCUT2D eigenvalue weighted by molar-refractivity contribution is 5.93. The molecule has 0 unspecified atom stereocenters. The van der Waals surface area contributed by atoms with E-state index in [1.807, 2.05) is 31.2 Å². The van der Waals surface area contributed by atoms with Gasteiger partial charge in [0.25, 0.3) is 5.91 Å². The van der Waals surface area contributed by atoms with E-state index in [2.05, 4.69) is 6.07 Å². The first-order valence-electron chi connectivity index (χ1n) is 6.70. The number of benzene rings is 2. The second-order valence-corrected chi connectivity index (χ2v) is 4.79. The van der Waals surface area contributed by atoms with E-state index < -0.39 is 0 Å². The van der Waals surface area contributed by atoms with E-state index in [-0.39, 0.29) is 5.91 Å². The van der Waals surface area contributed by atoms with Gasteiger partial charge in [0.15, 0.2) is 0 Å². The third kappa shape index (κ3) is 4.07. The molecule has 0 atom stereocenters. The van der Waals surface area contributed by atoms with Crippen LogP contribution < -0.4 is 4.74 Å². The van der Waals surface area contributed by atoms with Crippen LogP contribution in [-0.4, -0.2) is 25.1 Å². The lowest BCUT2D eigenvalue weighted by Gasteiger charge is -2.14. The number of carbonyl (C=O) groups is 1. The lowest BCUT2D eigenvalue weighted by molar-refractivity contribution is -0.0757. The first-order chi connectivity index (χ1) is 10.1. The summed E-state index contributed by atoms with van der Waals surface area (Å²) in [6.07, 6.45) is 0. The van der Waals surface area contributed by atoms with E-state index in [4.69, 9.17) is 9.57 Å². The lowest BCUT2D eigenvalue weighted by Crippen LogP contribution is -2.25. The van der Waals surface area contributed by atoms with Crippen molar-refractivity contribution < 1.29 is 14.4 Å². The van der Waals surface area contributed by atoms with Gasteiger partial charge in [-0.05, 0) is 30.7 Å². The van der Waals surface area contributed by atoms with Crippen LogP contribution in [0.3, 0.4) is 0 Å². The van der Waals surface area contributed by atoms with Crippen LogP contribution in [0.4, 0.5) is 0 Å². The Bertz CT molecular complexity index is 625. The normalized spacial score (nSPS) is 10.2. The maximum atomic E-state index is 12.0. The number of hydrogen-bond acceptors (Lipinski definition) is 3. The van der Waals surface area contributed by atoms with Crippen LogP contribution in [0.15, 0.2) is 48.5 Å². The molecule has 2 aromatic rings. The second-order valence-electron chi connectivity index (χ2n) is 4.79. The van der Waals surface area contributed by atoms with Gasteiger partial charge in [-0.25, -0.2) is 5.06 Å². The van der Waals surface area contributed by atoms with Crippen molar-refractivity contribution in [2.24, 2.45) is 0 Å². The smallest absolute Gasteiger partial charge is 0.277 e. The fraction of sp³-hybridized carbons (Fsp3) is 0.235. The Morgan fingerprint density at radius 3 is 2.62 bits per heavy atom. The van der Waals surface area contributed by atoms with E-state index >= 15 is 0 Å². The molecule has 0 saturated heterocycles. The fourth-order valence-corrected chi connectivity index (χ4v) is 1.95. The van der Waals surface area contributed by atoms with Gasteiger partial charge in [-0.2, -0.15) is 0 Å². The summed E-state index contributed by atoms with van der Waals surface area (Å²) >= 11 is 0. The molecule has 0 radical (unpaired) electrons. The average Bonchev–Trinajstić information content (AvgIpc) is 2.52. The predicted molar refractivity (Wildman–Crippen MR) is 81.1 cm³/mol. The van der Waals surface area contributed by atoms with Crippen molar-refractivity contribution in [1.29, 1.82) is 0 Å². The molecule has 0 spiro atoms. The van der Waals surface area contributed by atoms with Crippen molar-refractivity contribution in [3.8, 4) is 5.75 Å². The number of ether oxygens (including phenoxy) is 1. The Labute approximate surface area is 124 Å². The van der Waals surface area contributed by atoms with Crippen molar-refractivity contribution in [2.45, 2.75) is 13.5 Å². The number of amides is 1. The largest absolute Gasteiger partial charge is 0.489 e. The van der Waals surface area contributed by atoms with Crippen LogP contribution in [0.1, 0.15) is 21.5 Å². The number of hydroxylamine groups is 2. The van der Waals surface area contributed by atoms with E-state index in [1.54, 1.807) is 25.2 Å². The molecule has 0 aliphatic heterocycles. The molecule has 2 aromatic carbocycles. The predicted octanol–water partition coefficient (Wildman–Crippen LogP) is 3.21. The summed E-state index contributed by atoms with van der Waals surface area (Å²) in [7, 11) is 3.03. The van der Waals surface area contributed by atoms with E-state index in [0.29, 0.717) is 17.9 Å². The highest BCUT2D eigenvalue weighted by Gasteiger charge is 2.11. The molecule has 0 fully saturated rings. The van der Waals surface area contributed by atoms with Crippen LogP contribution in [0.25, 0.3) is 0 Å². The maximum absolute atomic E-state index is 12.0. The monoisotopic (exact) mass is 285 g/mol. The topological polar surface area (TPSA) is 38.8 Å². The molecular weight excluding hydrogens is 266 g/mol. The Kier molecular flexibility index (Phi) is 4.95. The van der Waals surface area contributed by atoms with Crippen LogP contribution >= 0.6 is 0 Å². The van der Waals surface area contributed by atoms with E-state index in [9.17, 15) is 4.79 Å². The van der Waals surface area contributed by atoms with Gasteiger partial charge in [0, 0.05) is 12.6 Å². The molecule has 2 rings (SSSR count). The Morgan fingerprint density at radius 2 is 1.90 bits per heavy atom. The van der Waals surface area contributed by atoms with Crippen molar-refractivity contribution in [1.82, 2.24) is 5.06 Å². The minimum Gasteiger partial charge on any atom is -0.489 e. The molecule has 110 valence electrons. The highest BCUT2D eigenvalue weighted by Crippen LogP contribution is 2.16. The van der Waals surface area contributed by atoms with Gasteiger partial charge in [0.2, 0.25) is 0 Å². The number of rotatable bonds is 5. The summed E-state index contributed by atoms with van der Waals surface area (Å²) in [5, 5.41) is 1.18. The van der Waals surface area contributed by atoms with Gasteiger partial charge in [0.1, 0.15) is 12.4 Å². The number of nitrogens with zero attached hydrogens (tertiary/aromatic N) is 1. The summed E-state index contributed by atoms with van der Waals surface area (Å²) in [5.41, 5.74) is 2.82. The third-order valence-electron chi connectivity index (χ3n) is 3.13. The average molecular weight is 285 g/mol. The zero-order valence-corrected chi connectivity index (χ0v) is 12.5. The van der Waals surface area contributed by atoms with Gasteiger partial charge in [0.05, 0.1) is 7.11 Å². The number of carbonyl (C=O) groups excluding carboxylic acids is 1. The van der Waals surface area contributed by atoms with Gasteiger partial charge >= 0.3 is 0 Å². The molecule has 21 heavy (non-hydrogen) atoms. The minimum absolute atomic E-state index is 0.210. The zero-order chi connectivity index (χ0) is 15.2. The first-order valence-corrected chi connectivity index (χ1v) is 6.70. The molecule has 0 aliphatic rings. The van der Waals surface area contributed by atoms with Crippen LogP contribution in [0.5, 0.6) is 5.75 Å². The fourth-order valence-electron chi connectivity index (χ4n) is 1.95. The van der Waals surface area contributed by atoms with Gasteiger partial charge in [-0.3, -0.25) is 9.63 Å². The standard InChI is InChI=1S/C17H19NO3/c1-13-6-4-7-14(10-13)12-21-16-9-5-8-15(11-16)17(19)18(2)20-3/h4-11H,12H2,1-3H3. The molecule has 0 bridgehead atoms. The van der Waals surface area contributed by atoms with Gasteiger partial charge in [-0.1, -0.05) is 35.9 Å². The molecule has 0 N–H and O–H groups in total. The van der Waals surface area contributed by atoms with Crippen LogP contribution in [-0.2, 0) is 11.4 Å². The Balaban J connectivity index is 2.06.